The molecule has 0 saturated heterocycles. The molecule has 0 aromatic heterocycles. The van der Waals surface area contributed by atoms with Gasteiger partial charge < -0.3 is 10.2 Å². The van der Waals surface area contributed by atoms with Crippen molar-refractivity contribution in [3.05, 3.63) is 65.2 Å². The number of nitrogens with one attached hydrogen (secondary N) is 1. The summed E-state index contributed by atoms with van der Waals surface area (Å²) < 4.78 is 0. The van der Waals surface area contributed by atoms with Crippen LogP contribution in [0.25, 0.3) is 0 Å². The maximum atomic E-state index is 13.2. The number of hydrogen-bond acceptors (Lipinski definition) is 2. The van der Waals surface area contributed by atoms with Crippen molar-refractivity contribution in [2.45, 2.75) is 65.0 Å². The summed E-state index contributed by atoms with van der Waals surface area (Å²) in [5.41, 5.74) is 3.75. The van der Waals surface area contributed by atoms with Gasteiger partial charge in [-0.05, 0) is 50.5 Å². The zero-order chi connectivity index (χ0) is 20.1. The third kappa shape index (κ3) is 4.44. The summed E-state index contributed by atoms with van der Waals surface area (Å²) in [5.74, 6) is 0.104. The molecule has 2 aromatic carbocycles. The zero-order valence-corrected chi connectivity index (χ0v) is 17.1. The summed E-state index contributed by atoms with van der Waals surface area (Å²) >= 11 is 0. The molecular weight excluding hydrogens is 348 g/mol. The van der Waals surface area contributed by atoms with Crippen molar-refractivity contribution in [3.8, 4) is 0 Å². The van der Waals surface area contributed by atoms with Crippen LogP contribution < -0.4 is 10.2 Å². The second kappa shape index (κ2) is 9.05. The number of hydrogen-bond donors (Lipinski definition) is 1. The van der Waals surface area contributed by atoms with Gasteiger partial charge in [0.05, 0.1) is 6.04 Å². The lowest BCUT2D eigenvalue weighted by Gasteiger charge is -2.40. The maximum absolute atomic E-state index is 13.2. The molecule has 28 heavy (non-hydrogen) atoms. The van der Waals surface area contributed by atoms with Crippen LogP contribution in [-0.2, 0) is 4.79 Å². The summed E-state index contributed by atoms with van der Waals surface area (Å²) in [4.78, 5) is 27.5. The van der Waals surface area contributed by atoms with Gasteiger partial charge in [-0.2, -0.15) is 0 Å². The van der Waals surface area contributed by atoms with Crippen LogP contribution in [0.4, 0.5) is 5.69 Å². The number of carbonyl (C=O) groups excluding carboxylic acids is 2. The molecule has 0 unspecified atom stereocenters. The predicted octanol–water partition coefficient (Wildman–Crippen LogP) is 5.17. The van der Waals surface area contributed by atoms with Gasteiger partial charge in [-0.25, -0.2) is 0 Å². The van der Waals surface area contributed by atoms with E-state index in [1.165, 1.54) is 0 Å². The highest BCUT2D eigenvalue weighted by Gasteiger charge is 2.34. The second-order valence-corrected chi connectivity index (χ2v) is 7.77. The highest BCUT2D eigenvalue weighted by Crippen LogP contribution is 2.38. The monoisotopic (exact) mass is 378 g/mol. The lowest BCUT2D eigenvalue weighted by atomic mass is 9.89. The van der Waals surface area contributed by atoms with Crippen molar-refractivity contribution in [3.63, 3.8) is 0 Å². The summed E-state index contributed by atoms with van der Waals surface area (Å²) in [6.07, 6.45) is 4.38. The molecule has 0 bridgehead atoms. The van der Waals surface area contributed by atoms with Crippen molar-refractivity contribution in [1.29, 1.82) is 0 Å². The normalized spacial score (nSPS) is 18.5. The van der Waals surface area contributed by atoms with Crippen LogP contribution in [0.5, 0.6) is 0 Å². The van der Waals surface area contributed by atoms with Gasteiger partial charge in [0.25, 0.3) is 5.91 Å². The molecule has 1 aliphatic rings. The number of rotatable bonds is 6. The molecule has 4 heteroatoms. The Kier molecular flexibility index (Phi) is 6.50. The second-order valence-electron chi connectivity index (χ2n) is 7.77. The molecule has 1 heterocycles. The van der Waals surface area contributed by atoms with Gasteiger partial charge in [0.2, 0.25) is 5.91 Å². The van der Waals surface area contributed by atoms with Crippen molar-refractivity contribution >= 4 is 17.5 Å². The van der Waals surface area contributed by atoms with E-state index in [1.807, 2.05) is 54.3 Å². The number of fused-ring (bicyclic) bond motifs is 1. The average molecular weight is 379 g/mol. The van der Waals surface area contributed by atoms with E-state index < -0.39 is 0 Å². The third-order valence-corrected chi connectivity index (χ3v) is 5.42. The van der Waals surface area contributed by atoms with E-state index in [0.29, 0.717) is 18.4 Å². The van der Waals surface area contributed by atoms with Crippen LogP contribution in [0.2, 0.25) is 0 Å². The summed E-state index contributed by atoms with van der Waals surface area (Å²) in [6.45, 7) is 6.24. The molecule has 1 N–H and O–H groups in total. The highest BCUT2D eigenvalue weighted by atomic mass is 16.2. The number of carbonyl (C=O) groups is 2. The van der Waals surface area contributed by atoms with Gasteiger partial charge in [-0.1, -0.05) is 55.7 Å². The van der Waals surface area contributed by atoms with Crippen molar-refractivity contribution in [2.24, 2.45) is 0 Å². The molecule has 0 spiro atoms. The van der Waals surface area contributed by atoms with Gasteiger partial charge in [0.15, 0.2) is 0 Å². The van der Waals surface area contributed by atoms with Crippen molar-refractivity contribution < 1.29 is 9.59 Å². The van der Waals surface area contributed by atoms with Crippen molar-refractivity contribution in [2.75, 3.05) is 4.90 Å². The number of anilines is 1. The van der Waals surface area contributed by atoms with Crippen LogP contribution in [0.15, 0.2) is 48.5 Å². The van der Waals surface area contributed by atoms with Gasteiger partial charge in [0, 0.05) is 23.7 Å². The van der Waals surface area contributed by atoms with Gasteiger partial charge in [0.1, 0.15) is 0 Å². The fourth-order valence-electron chi connectivity index (χ4n) is 3.95. The van der Waals surface area contributed by atoms with E-state index in [1.54, 1.807) is 0 Å². The number of nitrogens with zero attached hydrogens (tertiary/aromatic N) is 1. The van der Waals surface area contributed by atoms with Gasteiger partial charge in [-0.15, -0.1) is 0 Å². The molecule has 2 atom stereocenters. The molecule has 0 fully saturated rings. The minimum absolute atomic E-state index is 0.00357. The zero-order valence-electron chi connectivity index (χ0n) is 17.1. The fraction of sp³-hybridized carbons (Fsp3) is 0.417. The van der Waals surface area contributed by atoms with Crippen molar-refractivity contribution in [1.82, 2.24) is 5.32 Å². The van der Waals surface area contributed by atoms with Gasteiger partial charge in [-0.3, -0.25) is 9.59 Å². The summed E-state index contributed by atoms with van der Waals surface area (Å²) in [5, 5.41) is 3.21. The van der Waals surface area contributed by atoms with E-state index in [9.17, 15) is 9.59 Å². The predicted molar refractivity (Wildman–Crippen MR) is 114 cm³/mol. The van der Waals surface area contributed by atoms with E-state index in [4.69, 9.17) is 0 Å². The number of benzene rings is 2. The highest BCUT2D eigenvalue weighted by molar-refractivity contribution is 6.07. The van der Waals surface area contributed by atoms with Crippen LogP contribution in [-0.4, -0.2) is 17.9 Å². The summed E-state index contributed by atoms with van der Waals surface area (Å²) in [6, 6.07) is 15.5. The Bertz CT molecular complexity index is 832. The molecule has 0 radical (unpaired) electrons. The topological polar surface area (TPSA) is 49.4 Å². The Balaban J connectivity index is 1.87. The molecule has 2 amide bonds. The molecule has 0 saturated carbocycles. The van der Waals surface area contributed by atoms with E-state index in [-0.39, 0.29) is 23.9 Å². The maximum Gasteiger partial charge on any atom is 0.258 e. The Hall–Kier alpha value is -2.62. The quantitative estimate of drug-likeness (QED) is 0.705. The SMILES string of the molecule is CCCCCC(=O)N[C@@H]1C[C@@H](C)N(C(=O)c2ccccc2)c2ccc(C)cc21. The largest absolute Gasteiger partial charge is 0.349 e. The Labute approximate surface area is 167 Å². The van der Waals surface area contributed by atoms with Gasteiger partial charge >= 0.3 is 0 Å². The smallest absolute Gasteiger partial charge is 0.258 e. The first kappa shape index (κ1) is 20.1. The minimum atomic E-state index is -0.0566. The molecule has 1 aliphatic heterocycles. The number of aryl methyl sites for hydroxylation is 1. The number of amides is 2. The first-order valence-electron chi connectivity index (χ1n) is 10.3. The number of unbranched alkanes of at least 4 members (excludes halogenated alkanes) is 2. The molecular formula is C24H30N2O2. The standard InChI is InChI=1S/C24H30N2O2/c1-4-5-7-12-23(27)25-21-16-18(3)26(22-14-13-17(2)15-20(21)22)24(28)19-10-8-6-9-11-19/h6,8-11,13-15,18,21H,4-5,7,12,16H2,1-3H3,(H,25,27)/t18-,21-/m1/s1. The molecule has 0 aliphatic carbocycles. The van der Waals surface area contributed by atoms with Crippen LogP contribution in [0.1, 0.15) is 73.5 Å². The minimum Gasteiger partial charge on any atom is -0.349 e. The lowest BCUT2D eigenvalue weighted by molar-refractivity contribution is -0.122. The Morgan fingerprint density at radius 2 is 1.86 bits per heavy atom. The van der Waals surface area contributed by atoms with E-state index >= 15 is 0 Å². The molecule has 2 aromatic rings. The average Bonchev–Trinajstić information content (AvgIpc) is 2.69. The van der Waals surface area contributed by atoms with E-state index in [2.05, 4.69) is 25.2 Å². The molecule has 4 nitrogen and oxygen atoms in total. The van der Waals surface area contributed by atoms with Crippen LogP contribution in [0, 0.1) is 6.92 Å². The lowest BCUT2D eigenvalue weighted by Crippen LogP contribution is -2.46. The Morgan fingerprint density at radius 1 is 1.11 bits per heavy atom. The fourth-order valence-corrected chi connectivity index (χ4v) is 3.95. The first-order valence-corrected chi connectivity index (χ1v) is 10.3. The van der Waals surface area contributed by atoms with Crippen LogP contribution >= 0.6 is 0 Å². The van der Waals surface area contributed by atoms with Crippen LogP contribution in [0.3, 0.4) is 0 Å². The molecule has 3 rings (SSSR count). The molecule has 148 valence electrons. The first-order chi connectivity index (χ1) is 13.5. The third-order valence-electron chi connectivity index (χ3n) is 5.42. The Morgan fingerprint density at radius 3 is 2.57 bits per heavy atom. The van der Waals surface area contributed by atoms with E-state index in [0.717, 1.165) is 36.1 Å². The summed E-state index contributed by atoms with van der Waals surface area (Å²) in [7, 11) is 0.